The highest BCUT2D eigenvalue weighted by atomic mass is 16.5. The molecule has 0 aliphatic heterocycles. The van der Waals surface area contributed by atoms with E-state index in [9.17, 15) is 0 Å². The molecule has 0 bridgehead atoms. The molecule has 112 valence electrons. The second-order valence-corrected chi connectivity index (χ2v) is 4.27. The number of ether oxygens (including phenoxy) is 3. The van der Waals surface area contributed by atoms with Crippen molar-refractivity contribution in [3.8, 4) is 17.2 Å². The summed E-state index contributed by atoms with van der Waals surface area (Å²) < 4.78 is 17.6. The van der Waals surface area contributed by atoms with Crippen LogP contribution in [-0.4, -0.2) is 42.4 Å². The minimum atomic E-state index is 0.529. The van der Waals surface area contributed by atoms with Crippen LogP contribution in [-0.2, 0) is 0 Å². The van der Waals surface area contributed by atoms with Crippen LogP contribution in [0.4, 0.5) is 0 Å². The first-order chi connectivity index (χ1) is 10.1. The van der Waals surface area contributed by atoms with Crippen LogP contribution in [0.2, 0.25) is 0 Å². The highest BCUT2D eigenvalue weighted by molar-refractivity contribution is 5.86. The van der Waals surface area contributed by atoms with Crippen LogP contribution in [0.1, 0.15) is 17.2 Å². The van der Waals surface area contributed by atoms with E-state index in [0.29, 0.717) is 28.9 Å². The van der Waals surface area contributed by atoms with Gasteiger partial charge in [0.1, 0.15) is 0 Å². The zero-order valence-corrected chi connectivity index (χ0v) is 12.7. The maximum Gasteiger partial charge on any atom is 0.203 e. The molecule has 1 heterocycles. The van der Waals surface area contributed by atoms with Crippen LogP contribution < -0.4 is 14.2 Å². The van der Waals surface area contributed by atoms with Gasteiger partial charge in [-0.25, -0.2) is 4.68 Å². The van der Waals surface area contributed by atoms with Gasteiger partial charge in [0.15, 0.2) is 23.1 Å². The van der Waals surface area contributed by atoms with Crippen molar-refractivity contribution < 1.29 is 14.2 Å². The zero-order chi connectivity index (χ0) is 15.4. The summed E-state index contributed by atoms with van der Waals surface area (Å²) in [6.45, 7) is 3.67. The summed E-state index contributed by atoms with van der Waals surface area (Å²) in [6, 6.07) is 3.65. The second kappa shape index (κ2) is 6.25. The molecule has 2 rings (SSSR count). The van der Waals surface area contributed by atoms with E-state index in [4.69, 9.17) is 14.2 Å². The summed E-state index contributed by atoms with van der Waals surface area (Å²) in [7, 11) is 4.72. The van der Waals surface area contributed by atoms with Crippen LogP contribution >= 0.6 is 0 Å². The van der Waals surface area contributed by atoms with E-state index in [1.807, 2.05) is 19.9 Å². The minimum Gasteiger partial charge on any atom is -0.493 e. The van der Waals surface area contributed by atoms with Crippen molar-refractivity contribution in [3.05, 3.63) is 29.3 Å². The van der Waals surface area contributed by atoms with Crippen molar-refractivity contribution in [1.29, 1.82) is 0 Å². The molecule has 0 atom stereocenters. The number of benzene rings is 1. The summed E-state index contributed by atoms with van der Waals surface area (Å²) in [5.41, 5.74) is 0.766. The predicted octanol–water partition coefficient (Wildman–Crippen LogP) is 1.80. The third-order valence-electron chi connectivity index (χ3n) is 3.00. The van der Waals surface area contributed by atoms with Crippen LogP contribution in [0.15, 0.2) is 17.2 Å². The largest absolute Gasteiger partial charge is 0.493 e. The number of hydrogen-bond acceptors (Lipinski definition) is 6. The lowest BCUT2D eigenvalue weighted by Crippen LogP contribution is -2.00. The molecule has 7 heteroatoms. The molecule has 0 saturated carbocycles. The Bertz CT molecular complexity index is 645. The highest BCUT2D eigenvalue weighted by Gasteiger charge is 2.14. The maximum absolute atomic E-state index is 5.40. The Hall–Kier alpha value is -2.57. The van der Waals surface area contributed by atoms with Gasteiger partial charge in [-0.3, -0.25) is 0 Å². The normalized spacial score (nSPS) is 10.9. The van der Waals surface area contributed by atoms with E-state index in [0.717, 1.165) is 5.56 Å². The van der Waals surface area contributed by atoms with Gasteiger partial charge in [-0.2, -0.15) is 5.10 Å². The van der Waals surface area contributed by atoms with Crippen LogP contribution in [0.25, 0.3) is 0 Å². The Morgan fingerprint density at radius 2 is 1.57 bits per heavy atom. The molecular formula is C14H18N4O3. The molecule has 0 fully saturated rings. The fourth-order valence-corrected chi connectivity index (χ4v) is 1.98. The SMILES string of the molecule is COc1ccc(/C=N/n2c(C)nnc2C)c(OC)c1OC. The first-order valence-corrected chi connectivity index (χ1v) is 6.34. The van der Waals surface area contributed by atoms with Crippen molar-refractivity contribution in [1.82, 2.24) is 14.9 Å². The first-order valence-electron chi connectivity index (χ1n) is 6.34. The van der Waals surface area contributed by atoms with Crippen molar-refractivity contribution in [3.63, 3.8) is 0 Å². The van der Waals surface area contributed by atoms with Gasteiger partial charge in [-0.15, -0.1) is 10.2 Å². The number of hydrogen-bond donors (Lipinski definition) is 0. The van der Waals surface area contributed by atoms with E-state index in [1.165, 1.54) is 0 Å². The van der Waals surface area contributed by atoms with E-state index in [2.05, 4.69) is 15.3 Å². The summed E-state index contributed by atoms with van der Waals surface area (Å²) in [5.74, 6) is 3.11. The van der Waals surface area contributed by atoms with Gasteiger partial charge in [-0.05, 0) is 26.0 Å². The van der Waals surface area contributed by atoms with Gasteiger partial charge in [0.25, 0.3) is 0 Å². The Labute approximate surface area is 123 Å². The van der Waals surface area contributed by atoms with Crippen molar-refractivity contribution in [2.45, 2.75) is 13.8 Å². The molecule has 21 heavy (non-hydrogen) atoms. The Morgan fingerprint density at radius 1 is 0.952 bits per heavy atom. The molecule has 7 nitrogen and oxygen atoms in total. The summed E-state index contributed by atoms with van der Waals surface area (Å²) >= 11 is 0. The van der Waals surface area contributed by atoms with Gasteiger partial charge in [0, 0.05) is 5.56 Å². The average Bonchev–Trinajstić information content (AvgIpc) is 2.82. The summed E-state index contributed by atoms with van der Waals surface area (Å²) in [6.07, 6.45) is 1.67. The lowest BCUT2D eigenvalue weighted by molar-refractivity contribution is 0.324. The second-order valence-electron chi connectivity index (χ2n) is 4.27. The zero-order valence-electron chi connectivity index (χ0n) is 12.7. The molecule has 2 aromatic rings. The third kappa shape index (κ3) is 2.81. The number of aryl methyl sites for hydroxylation is 2. The van der Waals surface area contributed by atoms with Gasteiger partial charge in [0.2, 0.25) is 5.75 Å². The molecule has 0 N–H and O–H groups in total. The standard InChI is InChI=1S/C14H18N4O3/c1-9-16-17-10(2)18(9)15-8-11-6-7-12(19-3)14(21-5)13(11)20-4/h6-8H,1-5H3/b15-8+. The number of nitrogens with zero attached hydrogens (tertiary/aromatic N) is 4. The van der Waals surface area contributed by atoms with Crippen LogP contribution in [0, 0.1) is 13.8 Å². The monoisotopic (exact) mass is 290 g/mol. The Morgan fingerprint density at radius 3 is 2.10 bits per heavy atom. The van der Waals surface area contributed by atoms with Gasteiger partial charge >= 0.3 is 0 Å². The van der Waals surface area contributed by atoms with E-state index in [1.54, 1.807) is 38.3 Å². The quantitative estimate of drug-likeness (QED) is 0.785. The number of rotatable bonds is 5. The fraction of sp³-hybridized carbons (Fsp3) is 0.357. The van der Waals surface area contributed by atoms with Crippen molar-refractivity contribution in [2.75, 3.05) is 21.3 Å². The molecule has 0 saturated heterocycles. The summed E-state index contributed by atoms with van der Waals surface area (Å²) in [5, 5.41) is 12.3. The molecule has 1 aromatic heterocycles. The van der Waals surface area contributed by atoms with Gasteiger partial charge < -0.3 is 14.2 Å². The third-order valence-corrected chi connectivity index (χ3v) is 3.00. The predicted molar refractivity (Wildman–Crippen MR) is 78.6 cm³/mol. The van der Waals surface area contributed by atoms with Crippen LogP contribution in [0.5, 0.6) is 17.2 Å². The topological polar surface area (TPSA) is 70.8 Å². The smallest absolute Gasteiger partial charge is 0.203 e. The van der Waals surface area contributed by atoms with E-state index < -0.39 is 0 Å². The summed E-state index contributed by atoms with van der Waals surface area (Å²) in [4.78, 5) is 0. The van der Waals surface area contributed by atoms with Crippen molar-refractivity contribution in [2.24, 2.45) is 5.10 Å². The number of methoxy groups -OCH3 is 3. The molecule has 1 aromatic carbocycles. The Kier molecular flexibility index (Phi) is 4.42. The maximum atomic E-state index is 5.40. The molecule has 0 aliphatic rings. The van der Waals surface area contributed by atoms with E-state index >= 15 is 0 Å². The Balaban J connectivity index is 2.45. The van der Waals surface area contributed by atoms with Crippen LogP contribution in [0.3, 0.4) is 0 Å². The molecule has 0 unspecified atom stereocenters. The number of aromatic nitrogens is 3. The fourth-order valence-electron chi connectivity index (χ4n) is 1.98. The molecule has 0 amide bonds. The molecule has 0 spiro atoms. The lowest BCUT2D eigenvalue weighted by Gasteiger charge is -2.13. The lowest BCUT2D eigenvalue weighted by atomic mass is 10.2. The molecule has 0 aliphatic carbocycles. The van der Waals surface area contributed by atoms with Crippen molar-refractivity contribution >= 4 is 6.21 Å². The minimum absolute atomic E-state index is 0.529. The van der Waals surface area contributed by atoms with E-state index in [-0.39, 0.29) is 0 Å². The highest BCUT2D eigenvalue weighted by Crippen LogP contribution is 2.38. The average molecular weight is 290 g/mol. The van der Waals surface area contributed by atoms with Gasteiger partial charge in [0.05, 0.1) is 27.5 Å². The molecular weight excluding hydrogens is 272 g/mol. The molecule has 0 radical (unpaired) electrons. The first kappa shape index (κ1) is 14.8. The van der Waals surface area contributed by atoms with Gasteiger partial charge in [-0.1, -0.05) is 0 Å².